The molecule has 40 heteroatoms. The van der Waals surface area contributed by atoms with Crippen molar-refractivity contribution in [3.63, 3.8) is 0 Å². The van der Waals surface area contributed by atoms with Gasteiger partial charge in [-0.3, -0.25) is 103 Å². The number of urea groups is 1. The first-order chi connectivity index (χ1) is 67.1. The SMILES string of the molecule is N=C(N)CCCC[C@H](CC(=O)[C@@H](Cc1ccc2ccccc2c1)NC(=O)CN1CCN(COC=O)CCN(COC=O)CCN(CC(=O)O)CC1)C(=O)N[C@@H](Cc1c[nH]c2ccccc12)C(=O)C[C@@H](CO)C(=O)N[C@@H](Cc1cnc[nH]1)C(=O)C[C@H](CCCNC(=N)N)C(=O)N[C@@H](Cc1c[nH]c2ccccc12)C(=O)C[C@@H](Cc1ccc(C(=O)c2ccccc2)cc1)C(=O)N1CCC[C@H]1C(=O)NNC(N)=O. The number of primary amides is 1. The van der Waals surface area contributed by atoms with E-state index in [1.165, 1.54) is 17.4 Å². The zero-order chi connectivity index (χ0) is 99.3. The molecule has 9 atom stereocenters. The average Bonchev–Trinajstić information content (AvgIpc) is 1.38. The Morgan fingerprint density at radius 1 is 0.504 bits per heavy atom. The minimum Gasteiger partial charge on any atom is -0.480 e. The largest absolute Gasteiger partial charge is 0.480 e. The number of carboxylic acids is 1. The predicted molar refractivity (Wildman–Crippen MR) is 514 cm³/mol. The van der Waals surface area contributed by atoms with Crippen LogP contribution in [0.25, 0.3) is 32.6 Å². The van der Waals surface area contributed by atoms with Crippen LogP contribution in [0.1, 0.15) is 121 Å². The molecule has 2 aliphatic rings. The number of carbonyl (C=O) groups is 15. The maximum absolute atomic E-state index is 15.7. The lowest BCUT2D eigenvalue weighted by atomic mass is 9.87. The molecule has 2 fully saturated rings. The fraction of sp³-hybridized carbons (Fsp3) is 0.414. The van der Waals surface area contributed by atoms with Crippen molar-refractivity contribution in [2.75, 3.05) is 98.6 Å². The number of H-pyrrole nitrogens is 3. The van der Waals surface area contributed by atoms with E-state index in [1.54, 1.807) is 113 Å². The van der Waals surface area contributed by atoms with Crippen molar-refractivity contribution in [3.05, 3.63) is 210 Å². The first-order valence-electron chi connectivity index (χ1n) is 46.5. The number of aromatic nitrogens is 4. The Morgan fingerprint density at radius 2 is 1.00 bits per heavy atom. The Morgan fingerprint density at radius 3 is 1.54 bits per heavy atom. The van der Waals surface area contributed by atoms with Gasteiger partial charge in [0.15, 0.2) is 34.9 Å². The zero-order valence-corrected chi connectivity index (χ0v) is 77.4. The number of ether oxygens (including phenoxy) is 2. The van der Waals surface area contributed by atoms with Gasteiger partial charge in [0.25, 0.3) is 18.9 Å². The summed E-state index contributed by atoms with van der Waals surface area (Å²) in [6, 6.07) is 34.8. The highest BCUT2D eigenvalue weighted by Crippen LogP contribution is 2.30. The van der Waals surface area contributed by atoms with Gasteiger partial charge < -0.3 is 83.3 Å². The molecule has 20 N–H and O–H groups in total. The van der Waals surface area contributed by atoms with Gasteiger partial charge in [-0.05, 0) is 96.5 Å². The van der Waals surface area contributed by atoms with Crippen LogP contribution in [0, 0.1) is 34.5 Å². The van der Waals surface area contributed by atoms with E-state index in [0.717, 1.165) is 10.8 Å². The second-order valence-corrected chi connectivity index (χ2v) is 35.2. The van der Waals surface area contributed by atoms with E-state index < -0.39 is 163 Å². The van der Waals surface area contributed by atoms with E-state index in [-0.39, 0.29) is 161 Å². The number of hydrazine groups is 1. The summed E-state index contributed by atoms with van der Waals surface area (Å²) in [5.41, 5.74) is 26.0. The summed E-state index contributed by atoms with van der Waals surface area (Å²) >= 11 is 0. The van der Waals surface area contributed by atoms with Gasteiger partial charge in [0.2, 0.25) is 29.5 Å². The Hall–Kier alpha value is -14.7. The summed E-state index contributed by atoms with van der Waals surface area (Å²) in [5, 5.41) is 54.8. The van der Waals surface area contributed by atoms with Gasteiger partial charge in [0.05, 0.1) is 61.9 Å². The van der Waals surface area contributed by atoms with Crippen LogP contribution >= 0.6 is 0 Å². The van der Waals surface area contributed by atoms with Gasteiger partial charge in [-0.25, -0.2) is 15.2 Å². The van der Waals surface area contributed by atoms with E-state index in [9.17, 15) is 43.8 Å². The van der Waals surface area contributed by atoms with Crippen molar-refractivity contribution in [1.82, 2.24) is 81.9 Å². The molecular weight excluding hydrogens is 1790 g/mol. The number of amidine groups is 1. The van der Waals surface area contributed by atoms with Gasteiger partial charge in [-0.1, -0.05) is 140 Å². The lowest BCUT2D eigenvalue weighted by molar-refractivity contribution is -0.143. The number of likely N-dealkylation sites (tertiary alicyclic amines) is 1. The molecule has 139 heavy (non-hydrogen) atoms. The molecule has 0 unspecified atom stereocenters. The van der Waals surface area contributed by atoms with Crippen LogP contribution in [-0.4, -0.2) is 285 Å². The highest BCUT2D eigenvalue weighted by molar-refractivity contribution is 6.09. The van der Waals surface area contributed by atoms with E-state index in [2.05, 4.69) is 57.4 Å². The maximum Gasteiger partial charge on any atom is 0.330 e. The first kappa shape index (κ1) is 105. The number of aromatic amines is 3. The van der Waals surface area contributed by atoms with Gasteiger partial charge in [0.1, 0.15) is 19.5 Å². The summed E-state index contributed by atoms with van der Waals surface area (Å²) in [4.78, 5) is 235. The van der Waals surface area contributed by atoms with E-state index in [4.69, 9.17) is 37.5 Å². The molecule has 5 heterocycles. The van der Waals surface area contributed by atoms with Gasteiger partial charge >= 0.3 is 12.0 Å². The summed E-state index contributed by atoms with van der Waals surface area (Å²) in [5.74, 6) is -14.5. The first-order valence-corrected chi connectivity index (χ1v) is 46.5. The van der Waals surface area contributed by atoms with E-state index in [1.807, 2.05) is 64.4 Å². The summed E-state index contributed by atoms with van der Waals surface area (Å²) in [7, 11) is 0. The Bertz CT molecular complexity index is 5760. The fourth-order valence-corrected chi connectivity index (χ4v) is 17.7. The lowest BCUT2D eigenvalue weighted by Gasteiger charge is -2.33. The third kappa shape index (κ3) is 32.2. The van der Waals surface area contributed by atoms with Crippen molar-refractivity contribution in [2.24, 2.45) is 40.9 Å². The van der Waals surface area contributed by atoms with Crippen molar-refractivity contribution < 1.29 is 91.6 Å². The summed E-state index contributed by atoms with van der Waals surface area (Å²) < 4.78 is 10.2. The van der Waals surface area contributed by atoms with E-state index >= 15 is 38.4 Å². The molecule has 738 valence electrons. The van der Waals surface area contributed by atoms with Crippen molar-refractivity contribution in [2.45, 2.75) is 139 Å². The zero-order valence-electron chi connectivity index (χ0n) is 77.4. The third-order valence-electron chi connectivity index (χ3n) is 25.2. The smallest absolute Gasteiger partial charge is 0.330 e. The molecular formula is C99H123N21O19. The molecule has 40 nitrogen and oxygen atoms in total. The van der Waals surface area contributed by atoms with Gasteiger partial charge in [0, 0.05) is 192 Å². The number of Topliss-reactive ketones (excluding diaryl/α,β-unsaturated/α-hetero) is 4. The molecule has 2 aliphatic heterocycles. The fourth-order valence-electron chi connectivity index (χ4n) is 17.7. The Balaban J connectivity index is 0.854. The number of unbranched alkanes of at least 4 members (excludes halogenated alkanes) is 1. The number of para-hydroxylation sites is 2. The molecule has 0 saturated carbocycles. The number of rotatable bonds is 53. The number of aliphatic hydroxyl groups excluding tert-OH is 1. The van der Waals surface area contributed by atoms with Gasteiger partial charge in [-0.2, -0.15) is 0 Å². The summed E-state index contributed by atoms with van der Waals surface area (Å²) in [6.45, 7) is 0.737. The number of guanidine groups is 1. The maximum atomic E-state index is 15.7. The molecule has 2 saturated heterocycles. The molecule has 6 aromatic carbocycles. The lowest BCUT2D eigenvalue weighted by Crippen LogP contribution is -2.54. The van der Waals surface area contributed by atoms with Crippen LogP contribution in [0.2, 0.25) is 0 Å². The second kappa shape index (κ2) is 53.1. The Labute approximate surface area is 802 Å². The molecule has 11 rings (SSSR count). The number of hydrogen-bond acceptors (Lipinski definition) is 25. The number of fused-ring (bicyclic) bond motifs is 3. The number of ketones is 5. The van der Waals surface area contributed by atoms with Crippen LogP contribution in [0.5, 0.6) is 0 Å². The van der Waals surface area contributed by atoms with Crippen molar-refractivity contribution in [3.8, 4) is 0 Å². The number of amides is 8. The van der Waals surface area contributed by atoms with Crippen LogP contribution in [-0.2, 0) is 104 Å². The number of carbonyl (C=O) groups excluding carboxylic acids is 14. The normalized spacial score (nSPS) is 15.8. The number of hydrogen-bond donors (Lipinski definition) is 17. The van der Waals surface area contributed by atoms with Gasteiger partial charge in [-0.15, -0.1) is 0 Å². The predicted octanol–water partition coefficient (Wildman–Crippen LogP) is 3.52. The van der Waals surface area contributed by atoms with Crippen molar-refractivity contribution >= 4 is 134 Å². The van der Waals surface area contributed by atoms with Crippen LogP contribution in [0.15, 0.2) is 171 Å². The third-order valence-corrected chi connectivity index (χ3v) is 25.2. The number of carboxylic acid groups (broad SMARTS) is 1. The standard InChI is InChI=1S/C99H123N21O19/c100-89(101)25-11-6-18-69(47-85(124)80(44-64-28-29-65-14-4-5-17-68(65)43-64)110-90(128)55-116-34-35-117(56-91(129)130)37-39-119(60-139-62-123)41-40-118(38-36-116)59-138-61-122)93(132)112-82(46-73-53-108-79-23-10-8-21-77(73)79)88(127)50-74(57-121)95(134)113-83(51-75-54-105-58-109-75)86(125)48-70(19-12-32-106-98(102)103)94(133)111-81(45-72-52-107-78-22-9-7-20-76(72)78)87(126)49-71(97(136)120-33-13-24-84(120)96(135)114-115-99(104)137)42-63-26-30-67(31-27-63)92(131)66-15-2-1-3-16-66/h1-5,7-10,14-17,20-23,26-31,43,52-54,58,61-62,69-71,74,80-84,107-108,121H,6,11-13,18-19,24-25,32-42,44-51,55-57,59-60H2,(H3,100,101)(H,105,109)(H,110,128)(H,111,133)(H,112,132)(H,113,134)(H,114,135)(H,129,130)(H4,102,103,106)(H3,104,115,137)/t69-,70+,71-,74+,80-,81+,82+,83+,84+/m1/s1. The van der Waals surface area contributed by atoms with Crippen LogP contribution in [0.4, 0.5) is 4.79 Å². The van der Waals surface area contributed by atoms with Crippen molar-refractivity contribution in [1.29, 1.82) is 10.8 Å². The van der Waals surface area contributed by atoms with E-state index in [0.29, 0.717) is 99.8 Å². The quantitative estimate of drug-likeness (QED) is 0.00647. The topological polar surface area (TPSA) is 601 Å². The number of benzene rings is 6. The highest BCUT2D eigenvalue weighted by atomic mass is 16.5. The molecule has 9 aromatic rings. The number of aliphatic carboxylic acids is 1. The molecule has 3 aromatic heterocycles. The minimum atomic E-state index is -1.63. The van der Waals surface area contributed by atoms with Crippen LogP contribution in [0.3, 0.4) is 0 Å². The molecule has 0 spiro atoms. The number of nitrogens with zero attached hydrogens (tertiary/aromatic N) is 6. The number of imidazole rings is 1. The monoisotopic (exact) mass is 1910 g/mol. The molecule has 0 aliphatic carbocycles. The molecule has 0 bridgehead atoms. The van der Waals surface area contributed by atoms with Crippen LogP contribution < -0.4 is 54.6 Å². The number of nitrogens with two attached hydrogens (primary N) is 3. The Kier molecular flexibility index (Phi) is 40.0. The molecule has 8 amide bonds. The highest BCUT2D eigenvalue weighted by Gasteiger charge is 2.42. The number of aliphatic hydroxyl groups is 1. The number of nitrogens with one attached hydrogen (secondary N) is 12. The summed E-state index contributed by atoms with van der Waals surface area (Å²) in [6.07, 6.45) is 4.12. The second-order valence-electron chi connectivity index (χ2n) is 35.2. The minimum absolute atomic E-state index is 0.00291. The molecule has 0 radical (unpaired) electrons. The average molecular weight is 1910 g/mol.